The Morgan fingerprint density at radius 3 is 2.71 bits per heavy atom. The molecule has 2 aromatic heterocycles. The zero-order chi connectivity index (χ0) is 34.1. The van der Waals surface area contributed by atoms with E-state index >= 15 is 4.39 Å². The summed E-state index contributed by atoms with van der Waals surface area (Å²) in [6.45, 7) is -0.866. The molecule has 0 aliphatic carbocycles. The zero-order valence-electron chi connectivity index (χ0n) is 24.9. The van der Waals surface area contributed by atoms with Crippen molar-refractivity contribution in [1.29, 1.82) is 5.26 Å². The molecule has 2 saturated heterocycles. The highest BCUT2D eigenvalue weighted by Crippen LogP contribution is 2.51. The second-order valence-electron chi connectivity index (χ2n) is 12.1. The summed E-state index contributed by atoms with van der Waals surface area (Å²) < 4.78 is 114. The van der Waals surface area contributed by atoms with Crippen molar-refractivity contribution in [2.24, 2.45) is 0 Å². The molecule has 0 radical (unpaired) electrons. The van der Waals surface area contributed by atoms with Crippen LogP contribution in [0.1, 0.15) is 31.2 Å². The zero-order valence-corrected chi connectivity index (χ0v) is 26.5. The molecule has 1 unspecified atom stereocenters. The van der Waals surface area contributed by atoms with E-state index in [4.69, 9.17) is 26.8 Å². The van der Waals surface area contributed by atoms with Crippen LogP contribution in [0.4, 0.5) is 41.6 Å². The van der Waals surface area contributed by atoms with E-state index in [-0.39, 0.29) is 68.3 Å². The first kappa shape index (κ1) is 32.7. The lowest BCUT2D eigenvalue weighted by Crippen LogP contribution is -2.44. The van der Waals surface area contributed by atoms with Gasteiger partial charge in [0.15, 0.2) is 11.6 Å². The van der Waals surface area contributed by atoms with Crippen LogP contribution in [0, 0.1) is 23.0 Å². The van der Waals surface area contributed by atoms with Crippen molar-refractivity contribution in [3.05, 3.63) is 34.4 Å². The van der Waals surface area contributed by atoms with Crippen LogP contribution >= 0.6 is 22.9 Å². The first-order valence-corrected chi connectivity index (χ1v) is 16.2. The number of nitrogen functional groups attached to an aromatic ring is 1. The first-order valence-electron chi connectivity index (χ1n) is 15.0. The van der Waals surface area contributed by atoms with E-state index in [0.29, 0.717) is 13.0 Å². The van der Waals surface area contributed by atoms with E-state index in [1.807, 2.05) is 11.0 Å². The van der Waals surface area contributed by atoms with E-state index in [9.17, 15) is 31.6 Å². The number of aromatic nitrogens is 2. The van der Waals surface area contributed by atoms with Crippen molar-refractivity contribution in [3.8, 4) is 29.0 Å². The molecule has 17 heteroatoms. The summed E-state index contributed by atoms with van der Waals surface area (Å²) in [5.41, 5.74) is 4.27. The molecule has 48 heavy (non-hydrogen) atoms. The predicted octanol–water partition coefficient (Wildman–Crippen LogP) is 7.34. The third kappa shape index (κ3) is 5.30. The molecular weight excluding hydrogens is 689 g/mol. The number of nitrogens with two attached hydrogens (primary N) is 1. The second-order valence-corrected chi connectivity index (χ2v) is 13.6. The van der Waals surface area contributed by atoms with E-state index in [0.717, 1.165) is 28.7 Å². The molecule has 2 aromatic carbocycles. The van der Waals surface area contributed by atoms with Gasteiger partial charge in [0.25, 0.3) is 6.43 Å². The average molecular weight is 715 g/mol. The number of fused-ring (bicyclic) bond motifs is 2. The fourth-order valence-electron chi connectivity index (χ4n) is 7.26. The Morgan fingerprint density at radius 2 is 1.98 bits per heavy atom. The van der Waals surface area contributed by atoms with Crippen LogP contribution in [0.5, 0.6) is 11.8 Å². The first-order chi connectivity index (χ1) is 22.9. The molecule has 0 spiro atoms. The highest BCUT2D eigenvalue weighted by molar-refractivity contribution is 7.23. The van der Waals surface area contributed by atoms with Crippen LogP contribution in [0.25, 0.3) is 32.1 Å². The van der Waals surface area contributed by atoms with E-state index in [2.05, 4.69) is 9.97 Å². The maximum absolute atomic E-state index is 17.0. The number of ether oxygens (including phenoxy) is 2. The Hall–Kier alpha value is -3.81. The van der Waals surface area contributed by atoms with Crippen molar-refractivity contribution < 1.29 is 40.2 Å². The minimum absolute atomic E-state index is 0.0221. The summed E-state index contributed by atoms with van der Waals surface area (Å²) in [7, 11) is 0. The molecule has 0 amide bonds. The van der Waals surface area contributed by atoms with Crippen molar-refractivity contribution in [2.75, 3.05) is 43.5 Å². The summed E-state index contributed by atoms with van der Waals surface area (Å²) in [4.78, 5) is 11.5. The van der Waals surface area contributed by atoms with Gasteiger partial charge in [-0.3, -0.25) is 4.90 Å². The lowest BCUT2D eigenvalue weighted by Gasteiger charge is -2.32. The fourth-order valence-corrected chi connectivity index (χ4v) is 8.55. The summed E-state index contributed by atoms with van der Waals surface area (Å²) in [5.74, 6) is -2.49. The van der Waals surface area contributed by atoms with Crippen molar-refractivity contribution >= 4 is 54.7 Å². The number of benzene rings is 2. The van der Waals surface area contributed by atoms with Crippen LogP contribution in [0.15, 0.2) is 12.1 Å². The Kier molecular flexibility index (Phi) is 8.36. The van der Waals surface area contributed by atoms with Crippen molar-refractivity contribution in [2.45, 2.75) is 56.3 Å². The predicted molar refractivity (Wildman–Crippen MR) is 166 cm³/mol. The third-order valence-electron chi connectivity index (χ3n) is 9.29. The van der Waals surface area contributed by atoms with Crippen LogP contribution in [-0.4, -0.2) is 78.3 Å². The van der Waals surface area contributed by atoms with E-state index < -0.39 is 78.4 Å². The number of anilines is 2. The standard InChI is InChI=1S/C31H26ClF7N6O2S/c32-23-21(15-2-3-17(34)27-20(15)16(8-40)28(41)48-27)24(39)25-22-26(23)46-11-14(6-18(35)36)45(10-19(37)38)29(22)43-30(42-25)47-12-31-4-1-5-44(31)9-13(33)7-31/h2-3,13-14,18-19H,1,4-7,9-12,41H2/t13-,14?,31+/m1/s1. The number of hydrogen-bond acceptors (Lipinski definition) is 9. The van der Waals surface area contributed by atoms with Crippen LogP contribution < -0.4 is 20.1 Å². The molecule has 7 rings (SSSR count). The van der Waals surface area contributed by atoms with E-state index in [1.165, 1.54) is 6.07 Å². The summed E-state index contributed by atoms with van der Waals surface area (Å²) in [5, 5.41) is 9.12. The third-order valence-corrected chi connectivity index (χ3v) is 10.7. The maximum Gasteiger partial charge on any atom is 0.319 e. The Morgan fingerprint density at radius 1 is 1.19 bits per heavy atom. The molecule has 2 N–H and O–H groups in total. The molecule has 0 bridgehead atoms. The second kappa shape index (κ2) is 12.3. The SMILES string of the molecule is N#Cc1c(N)sc2c(F)ccc(-c3c(Cl)c4c5c(nc(OC[C@@]67CCCN6C[C@H](F)C7)nc5c3F)N(CC(F)F)C(CC(F)F)CO4)c12. The lowest BCUT2D eigenvalue weighted by atomic mass is 9.95. The monoisotopic (exact) mass is 714 g/mol. The van der Waals surface area contributed by atoms with Gasteiger partial charge >= 0.3 is 6.01 Å². The molecular formula is C31H26ClF7N6O2S. The van der Waals surface area contributed by atoms with Gasteiger partial charge in [0.05, 0.1) is 38.8 Å². The smallest absolute Gasteiger partial charge is 0.319 e. The van der Waals surface area contributed by atoms with Crippen molar-refractivity contribution in [1.82, 2.24) is 14.9 Å². The average Bonchev–Trinajstić information content (AvgIpc) is 3.64. The van der Waals surface area contributed by atoms with Gasteiger partial charge in [0.2, 0.25) is 6.43 Å². The number of rotatable bonds is 8. The molecule has 5 heterocycles. The van der Waals surface area contributed by atoms with Gasteiger partial charge in [-0.1, -0.05) is 17.7 Å². The molecule has 3 aliphatic heterocycles. The van der Waals surface area contributed by atoms with Gasteiger partial charge in [-0.15, -0.1) is 11.3 Å². The van der Waals surface area contributed by atoms with Crippen LogP contribution in [-0.2, 0) is 0 Å². The summed E-state index contributed by atoms with van der Waals surface area (Å²) in [6.07, 6.45) is -6.36. The molecule has 0 saturated carbocycles. The number of thiophene rings is 1. The van der Waals surface area contributed by atoms with Gasteiger partial charge in [-0.25, -0.2) is 30.7 Å². The number of halogens is 8. The minimum Gasteiger partial charge on any atom is -0.489 e. The Bertz CT molecular complexity index is 1980. The van der Waals surface area contributed by atoms with Crippen LogP contribution in [0.3, 0.4) is 0 Å². The number of nitriles is 1. The quantitative estimate of drug-likeness (QED) is 0.189. The van der Waals surface area contributed by atoms with Crippen LogP contribution in [0.2, 0.25) is 5.02 Å². The number of hydrogen-bond donors (Lipinski definition) is 1. The summed E-state index contributed by atoms with van der Waals surface area (Å²) in [6, 6.07) is 2.34. The van der Waals surface area contributed by atoms with E-state index in [1.54, 1.807) is 0 Å². The highest BCUT2D eigenvalue weighted by atomic mass is 35.5. The molecule has 3 atom stereocenters. The van der Waals surface area contributed by atoms with Crippen molar-refractivity contribution in [3.63, 3.8) is 0 Å². The van der Waals surface area contributed by atoms with Gasteiger partial charge in [-0.05, 0) is 31.0 Å². The molecule has 3 aliphatic rings. The Balaban J connectivity index is 1.47. The molecule has 254 valence electrons. The van der Waals surface area contributed by atoms with Gasteiger partial charge in [0, 0.05) is 30.3 Å². The number of alkyl halides is 5. The Labute approximate surface area is 277 Å². The molecule has 8 nitrogen and oxygen atoms in total. The largest absolute Gasteiger partial charge is 0.489 e. The van der Waals surface area contributed by atoms with Gasteiger partial charge in [0.1, 0.15) is 47.6 Å². The fraction of sp³-hybridized carbons (Fsp3) is 0.452. The normalized spacial score (nSPS) is 22.5. The summed E-state index contributed by atoms with van der Waals surface area (Å²) >= 11 is 7.58. The van der Waals surface area contributed by atoms with Gasteiger partial charge in [-0.2, -0.15) is 15.2 Å². The molecule has 4 aromatic rings. The molecule has 2 fully saturated rings. The highest BCUT2D eigenvalue weighted by Gasteiger charge is 2.49. The maximum atomic E-state index is 17.0. The number of nitrogens with zero attached hydrogens (tertiary/aromatic N) is 5. The minimum atomic E-state index is -3.02. The lowest BCUT2D eigenvalue weighted by molar-refractivity contribution is 0.105. The topological polar surface area (TPSA) is 101 Å². The van der Waals surface area contributed by atoms with Gasteiger partial charge < -0.3 is 20.1 Å².